The van der Waals surface area contributed by atoms with Crippen molar-refractivity contribution in [1.82, 2.24) is 19.7 Å². The van der Waals surface area contributed by atoms with Gasteiger partial charge >= 0.3 is 0 Å². The summed E-state index contributed by atoms with van der Waals surface area (Å²) in [4.78, 5) is 28.9. The Morgan fingerprint density at radius 1 is 1.08 bits per heavy atom. The first-order valence-electron chi connectivity index (χ1n) is 11.5. The summed E-state index contributed by atoms with van der Waals surface area (Å²) in [5.74, 6) is -0.576. The third kappa shape index (κ3) is 5.13. The zero-order valence-corrected chi connectivity index (χ0v) is 20.4. The van der Waals surface area contributed by atoms with Crippen molar-refractivity contribution in [2.45, 2.75) is 19.4 Å². The number of amides is 1. The third-order valence-electron chi connectivity index (χ3n) is 6.17. The minimum Gasteiger partial charge on any atom is -0.366 e. The largest absolute Gasteiger partial charge is 0.366 e. The summed E-state index contributed by atoms with van der Waals surface area (Å²) < 4.78 is 1.55. The molecule has 0 aliphatic heterocycles. The lowest BCUT2D eigenvalue weighted by molar-refractivity contribution is 0.0999. The van der Waals surface area contributed by atoms with Gasteiger partial charge in [-0.05, 0) is 59.5 Å². The monoisotopic (exact) mass is 508 g/mol. The number of H-pyrrole nitrogens is 1. The number of aromatic amines is 1. The maximum Gasteiger partial charge on any atom is 0.250 e. The molecule has 182 valence electrons. The number of carbonyl (C=O) groups excluding carboxylic acids is 1. The molecule has 0 atom stereocenters. The summed E-state index contributed by atoms with van der Waals surface area (Å²) in [6, 6.07) is 19.8. The SMILES string of the molecule is N#Cc1cc(Cc2cnc(Cc3[nH]nc4ccc(Cl)cc34)c(C(N)=O)c2)ccc1Cn1ccccc1=O. The van der Waals surface area contributed by atoms with Crippen molar-refractivity contribution >= 4 is 28.4 Å². The number of halogens is 1. The predicted molar refractivity (Wildman–Crippen MR) is 140 cm³/mol. The van der Waals surface area contributed by atoms with Gasteiger partial charge in [0.2, 0.25) is 0 Å². The third-order valence-corrected chi connectivity index (χ3v) is 6.41. The smallest absolute Gasteiger partial charge is 0.250 e. The first kappa shape index (κ1) is 24.0. The van der Waals surface area contributed by atoms with E-state index < -0.39 is 5.91 Å². The number of aromatic nitrogens is 4. The van der Waals surface area contributed by atoms with Gasteiger partial charge in [0.05, 0.1) is 35.0 Å². The second-order valence-corrected chi connectivity index (χ2v) is 9.13. The van der Waals surface area contributed by atoms with Crippen LogP contribution in [0.4, 0.5) is 0 Å². The molecule has 0 radical (unpaired) electrons. The molecule has 3 heterocycles. The highest BCUT2D eigenvalue weighted by Crippen LogP contribution is 2.24. The van der Waals surface area contributed by atoms with Crippen LogP contribution in [0.5, 0.6) is 0 Å². The summed E-state index contributed by atoms with van der Waals surface area (Å²) in [6.07, 6.45) is 4.19. The Hall–Kier alpha value is -4.74. The van der Waals surface area contributed by atoms with Gasteiger partial charge in [-0.25, -0.2) is 0 Å². The lowest BCUT2D eigenvalue weighted by atomic mass is 9.98. The van der Waals surface area contributed by atoms with Gasteiger partial charge in [-0.15, -0.1) is 0 Å². The van der Waals surface area contributed by atoms with E-state index in [0.717, 1.165) is 33.3 Å². The highest BCUT2D eigenvalue weighted by molar-refractivity contribution is 6.31. The number of pyridine rings is 2. The molecule has 2 aromatic carbocycles. The van der Waals surface area contributed by atoms with Crippen molar-refractivity contribution in [3.05, 3.63) is 128 Å². The topological polar surface area (TPSA) is 130 Å². The Morgan fingerprint density at radius 3 is 2.73 bits per heavy atom. The first-order chi connectivity index (χ1) is 17.9. The van der Waals surface area contributed by atoms with Gasteiger partial charge in [-0.1, -0.05) is 29.8 Å². The molecule has 8 nitrogen and oxygen atoms in total. The number of nitrogens with zero attached hydrogens (tertiary/aromatic N) is 4. The summed E-state index contributed by atoms with van der Waals surface area (Å²) in [6.45, 7) is 0.304. The number of benzene rings is 2. The number of primary amides is 1. The molecular formula is C28H21ClN6O2. The molecule has 37 heavy (non-hydrogen) atoms. The number of fused-ring (bicyclic) bond motifs is 1. The maximum atomic E-state index is 12.3. The quantitative estimate of drug-likeness (QED) is 0.343. The lowest BCUT2D eigenvalue weighted by Crippen LogP contribution is -2.18. The molecular weight excluding hydrogens is 488 g/mol. The maximum absolute atomic E-state index is 12.3. The molecule has 5 aromatic rings. The van der Waals surface area contributed by atoms with Crippen LogP contribution in [0.1, 0.15) is 44.0 Å². The molecule has 0 aliphatic carbocycles. The molecule has 0 fully saturated rings. The fourth-order valence-corrected chi connectivity index (χ4v) is 4.48. The fraction of sp³-hybridized carbons (Fsp3) is 0.107. The van der Waals surface area contributed by atoms with Crippen LogP contribution in [0.25, 0.3) is 10.9 Å². The van der Waals surface area contributed by atoms with E-state index >= 15 is 0 Å². The summed E-state index contributed by atoms with van der Waals surface area (Å²) >= 11 is 6.14. The zero-order chi connectivity index (χ0) is 25.9. The Bertz CT molecular complexity index is 1750. The molecule has 0 bridgehead atoms. The summed E-state index contributed by atoms with van der Waals surface area (Å²) in [5, 5.41) is 18.4. The van der Waals surface area contributed by atoms with Crippen molar-refractivity contribution in [3.63, 3.8) is 0 Å². The normalized spacial score (nSPS) is 10.9. The second-order valence-electron chi connectivity index (χ2n) is 8.69. The van der Waals surface area contributed by atoms with Crippen LogP contribution < -0.4 is 11.3 Å². The van der Waals surface area contributed by atoms with E-state index in [-0.39, 0.29) is 5.56 Å². The van der Waals surface area contributed by atoms with E-state index in [1.807, 2.05) is 24.3 Å². The summed E-state index contributed by atoms with van der Waals surface area (Å²) in [5.41, 5.74) is 10.9. The molecule has 0 saturated heterocycles. The Balaban J connectivity index is 1.40. The van der Waals surface area contributed by atoms with Gasteiger partial charge in [0.25, 0.3) is 11.5 Å². The van der Waals surface area contributed by atoms with Crippen LogP contribution in [0.2, 0.25) is 5.02 Å². The number of carbonyl (C=O) groups is 1. The molecule has 1 amide bonds. The van der Waals surface area contributed by atoms with Crippen LogP contribution in [-0.2, 0) is 19.4 Å². The standard InChI is InChI=1S/C28H21ClN6O2/c29-21-6-7-24-22(12-21)26(34-33-24)13-25-23(28(31)37)11-18(15-32-25)9-17-4-5-19(20(10-17)14-30)16-35-8-2-1-3-27(35)36/h1-8,10-12,15H,9,13,16H2,(H2,31,37)(H,33,34). The minimum atomic E-state index is -0.576. The number of nitriles is 1. The number of rotatable bonds is 7. The average Bonchev–Trinajstić information content (AvgIpc) is 3.28. The van der Waals surface area contributed by atoms with E-state index in [1.54, 1.807) is 47.3 Å². The van der Waals surface area contributed by atoms with Crippen LogP contribution in [-0.4, -0.2) is 25.7 Å². The van der Waals surface area contributed by atoms with Crippen LogP contribution in [0.15, 0.2) is 77.9 Å². The van der Waals surface area contributed by atoms with Crippen LogP contribution in [0, 0.1) is 11.3 Å². The fourth-order valence-electron chi connectivity index (χ4n) is 4.31. The van der Waals surface area contributed by atoms with Crippen molar-refractivity contribution in [3.8, 4) is 6.07 Å². The molecule has 9 heteroatoms. The minimum absolute atomic E-state index is 0.133. The first-order valence-corrected chi connectivity index (χ1v) is 11.9. The Kier molecular flexibility index (Phi) is 6.54. The van der Waals surface area contributed by atoms with Gasteiger partial charge in [0, 0.05) is 41.0 Å². The Labute approximate surface area is 217 Å². The molecule has 0 spiro atoms. The van der Waals surface area contributed by atoms with E-state index in [4.69, 9.17) is 17.3 Å². The molecule has 5 rings (SSSR count). The van der Waals surface area contributed by atoms with Gasteiger partial charge in [-0.3, -0.25) is 19.7 Å². The molecule has 0 saturated carbocycles. The van der Waals surface area contributed by atoms with Gasteiger partial charge in [0.15, 0.2) is 0 Å². The average molecular weight is 509 g/mol. The van der Waals surface area contributed by atoms with E-state index in [0.29, 0.717) is 41.2 Å². The highest BCUT2D eigenvalue weighted by Gasteiger charge is 2.15. The number of nitrogens with one attached hydrogen (secondary N) is 1. The number of hydrogen-bond acceptors (Lipinski definition) is 5. The van der Waals surface area contributed by atoms with Crippen LogP contribution >= 0.6 is 11.6 Å². The van der Waals surface area contributed by atoms with Gasteiger partial charge in [0.1, 0.15) is 0 Å². The molecule has 0 unspecified atom stereocenters. The second kappa shape index (κ2) is 10.1. The highest BCUT2D eigenvalue weighted by atomic mass is 35.5. The van der Waals surface area contributed by atoms with Crippen LogP contribution in [0.3, 0.4) is 0 Å². The van der Waals surface area contributed by atoms with Gasteiger partial charge in [-0.2, -0.15) is 10.4 Å². The van der Waals surface area contributed by atoms with E-state index in [1.165, 1.54) is 6.07 Å². The lowest BCUT2D eigenvalue weighted by Gasteiger charge is -2.11. The number of hydrogen-bond donors (Lipinski definition) is 2. The molecule has 3 N–H and O–H groups in total. The zero-order valence-electron chi connectivity index (χ0n) is 19.6. The van der Waals surface area contributed by atoms with Crippen molar-refractivity contribution in [2.24, 2.45) is 5.73 Å². The van der Waals surface area contributed by atoms with E-state index in [9.17, 15) is 14.9 Å². The van der Waals surface area contributed by atoms with Crippen molar-refractivity contribution in [2.75, 3.05) is 0 Å². The van der Waals surface area contributed by atoms with Crippen molar-refractivity contribution < 1.29 is 4.79 Å². The number of nitrogens with two attached hydrogens (primary N) is 1. The van der Waals surface area contributed by atoms with Gasteiger partial charge < -0.3 is 10.3 Å². The predicted octanol–water partition coefficient (Wildman–Crippen LogP) is 3.97. The van der Waals surface area contributed by atoms with E-state index in [2.05, 4.69) is 21.3 Å². The Morgan fingerprint density at radius 2 is 1.95 bits per heavy atom. The summed E-state index contributed by atoms with van der Waals surface area (Å²) in [7, 11) is 0. The molecule has 0 aliphatic rings. The molecule has 3 aromatic heterocycles. The van der Waals surface area contributed by atoms with Crippen molar-refractivity contribution in [1.29, 1.82) is 5.26 Å².